The van der Waals surface area contributed by atoms with Gasteiger partial charge < -0.3 is 21.1 Å². The van der Waals surface area contributed by atoms with Crippen molar-refractivity contribution in [2.45, 2.75) is 12.5 Å². The molecular formula is C12H14ClN3O3. The van der Waals surface area contributed by atoms with Crippen LogP contribution >= 0.6 is 11.6 Å². The SMILES string of the molecule is NC1CCN(C(=O)Nc2ccc(C(=O)O)c(Cl)c2)C1. The minimum atomic E-state index is -1.10. The molecule has 2 amide bonds. The summed E-state index contributed by atoms with van der Waals surface area (Å²) in [6, 6.07) is 4.04. The van der Waals surface area contributed by atoms with Crippen LogP contribution in [0.4, 0.5) is 10.5 Å². The number of nitrogens with two attached hydrogens (primary N) is 1. The summed E-state index contributed by atoms with van der Waals surface area (Å²) in [5.74, 6) is -1.10. The summed E-state index contributed by atoms with van der Waals surface area (Å²) in [5.41, 5.74) is 6.19. The number of likely N-dealkylation sites (tertiary alicyclic amines) is 1. The third-order valence-electron chi connectivity index (χ3n) is 2.96. The van der Waals surface area contributed by atoms with Gasteiger partial charge in [-0.1, -0.05) is 11.6 Å². The molecule has 2 rings (SSSR count). The first-order valence-electron chi connectivity index (χ1n) is 5.81. The van der Waals surface area contributed by atoms with E-state index in [1.165, 1.54) is 18.2 Å². The number of urea groups is 1. The molecule has 6 nitrogen and oxygen atoms in total. The molecule has 1 aliphatic heterocycles. The summed E-state index contributed by atoms with van der Waals surface area (Å²) in [6.45, 7) is 1.14. The van der Waals surface area contributed by atoms with Gasteiger partial charge in [0.2, 0.25) is 0 Å². The van der Waals surface area contributed by atoms with E-state index in [2.05, 4.69) is 5.32 Å². The minimum absolute atomic E-state index is 0.00265. The molecule has 1 aromatic rings. The van der Waals surface area contributed by atoms with Crippen LogP contribution in [0.2, 0.25) is 5.02 Å². The van der Waals surface area contributed by atoms with E-state index in [0.717, 1.165) is 6.42 Å². The Morgan fingerprint density at radius 1 is 1.47 bits per heavy atom. The predicted octanol–water partition coefficient (Wildman–Crippen LogP) is 1.60. The van der Waals surface area contributed by atoms with Gasteiger partial charge in [0.05, 0.1) is 10.6 Å². The lowest BCUT2D eigenvalue weighted by molar-refractivity contribution is 0.0697. The summed E-state index contributed by atoms with van der Waals surface area (Å²) >= 11 is 5.82. The average Bonchev–Trinajstić information content (AvgIpc) is 2.75. The molecule has 1 saturated heterocycles. The molecule has 1 atom stereocenters. The summed E-state index contributed by atoms with van der Waals surface area (Å²) in [6.07, 6.45) is 0.784. The number of nitrogens with zero attached hydrogens (tertiary/aromatic N) is 1. The first-order chi connectivity index (χ1) is 8.97. The summed E-state index contributed by atoms with van der Waals surface area (Å²) in [7, 11) is 0. The quantitative estimate of drug-likeness (QED) is 0.768. The van der Waals surface area contributed by atoms with Crippen LogP contribution in [0.25, 0.3) is 0 Å². The highest BCUT2D eigenvalue weighted by molar-refractivity contribution is 6.33. The Bertz CT molecular complexity index is 521. The van der Waals surface area contributed by atoms with Gasteiger partial charge >= 0.3 is 12.0 Å². The molecule has 1 aliphatic rings. The largest absolute Gasteiger partial charge is 0.478 e. The zero-order chi connectivity index (χ0) is 14.0. The van der Waals surface area contributed by atoms with Crippen LogP contribution in [-0.4, -0.2) is 41.1 Å². The van der Waals surface area contributed by atoms with Crippen molar-refractivity contribution in [3.8, 4) is 0 Å². The zero-order valence-electron chi connectivity index (χ0n) is 10.1. The van der Waals surface area contributed by atoms with Crippen LogP contribution in [0.5, 0.6) is 0 Å². The third kappa shape index (κ3) is 3.15. The van der Waals surface area contributed by atoms with Crippen molar-refractivity contribution in [1.82, 2.24) is 4.90 Å². The number of benzene rings is 1. The molecule has 1 fully saturated rings. The van der Waals surface area contributed by atoms with Crippen molar-refractivity contribution in [1.29, 1.82) is 0 Å². The van der Waals surface area contributed by atoms with E-state index >= 15 is 0 Å². The van der Waals surface area contributed by atoms with Crippen LogP contribution in [0.3, 0.4) is 0 Å². The van der Waals surface area contributed by atoms with Crippen molar-refractivity contribution in [3.63, 3.8) is 0 Å². The Morgan fingerprint density at radius 3 is 2.74 bits per heavy atom. The number of carboxylic acid groups (broad SMARTS) is 1. The maximum atomic E-state index is 11.9. The van der Waals surface area contributed by atoms with Crippen LogP contribution in [0.15, 0.2) is 18.2 Å². The molecule has 0 saturated carbocycles. The molecule has 0 aliphatic carbocycles. The third-order valence-corrected chi connectivity index (χ3v) is 3.28. The summed E-state index contributed by atoms with van der Waals surface area (Å²) < 4.78 is 0. The van der Waals surface area contributed by atoms with Crippen LogP contribution in [0, 0.1) is 0 Å². The Hall–Kier alpha value is -1.79. The smallest absolute Gasteiger partial charge is 0.337 e. The second-order valence-corrected chi connectivity index (χ2v) is 4.83. The van der Waals surface area contributed by atoms with Crippen molar-refractivity contribution in [2.75, 3.05) is 18.4 Å². The van der Waals surface area contributed by atoms with Crippen molar-refractivity contribution < 1.29 is 14.7 Å². The zero-order valence-corrected chi connectivity index (χ0v) is 10.9. The molecule has 19 heavy (non-hydrogen) atoms. The predicted molar refractivity (Wildman–Crippen MR) is 71.6 cm³/mol. The highest BCUT2D eigenvalue weighted by Crippen LogP contribution is 2.21. The number of anilines is 1. The first-order valence-corrected chi connectivity index (χ1v) is 6.19. The normalized spacial score (nSPS) is 18.4. The first kappa shape index (κ1) is 13.6. The molecule has 102 valence electrons. The van der Waals surface area contributed by atoms with Gasteiger partial charge in [0.15, 0.2) is 0 Å². The maximum absolute atomic E-state index is 11.9. The van der Waals surface area contributed by atoms with Gasteiger partial charge in [-0.05, 0) is 24.6 Å². The van der Waals surface area contributed by atoms with Crippen molar-refractivity contribution >= 4 is 29.3 Å². The van der Waals surface area contributed by atoms with Gasteiger partial charge in [0, 0.05) is 24.8 Å². The number of nitrogens with one attached hydrogen (secondary N) is 1. The van der Waals surface area contributed by atoms with Gasteiger partial charge in [-0.25, -0.2) is 9.59 Å². The van der Waals surface area contributed by atoms with Crippen LogP contribution in [-0.2, 0) is 0 Å². The number of carbonyl (C=O) groups is 2. The van der Waals surface area contributed by atoms with Crippen molar-refractivity contribution in [2.24, 2.45) is 5.73 Å². The molecule has 0 spiro atoms. The van der Waals surface area contributed by atoms with Gasteiger partial charge in [0.25, 0.3) is 0 Å². The fourth-order valence-corrected chi connectivity index (χ4v) is 2.20. The van der Waals surface area contributed by atoms with Crippen LogP contribution in [0.1, 0.15) is 16.8 Å². The van der Waals surface area contributed by atoms with E-state index in [4.69, 9.17) is 22.4 Å². The fraction of sp³-hybridized carbons (Fsp3) is 0.333. The Balaban J connectivity index is 2.05. The number of rotatable bonds is 2. The highest BCUT2D eigenvalue weighted by Gasteiger charge is 2.23. The fourth-order valence-electron chi connectivity index (χ4n) is 1.94. The van der Waals surface area contributed by atoms with E-state index in [0.29, 0.717) is 18.8 Å². The Morgan fingerprint density at radius 2 is 2.21 bits per heavy atom. The number of amides is 2. The molecule has 1 heterocycles. The number of carboxylic acids is 1. The van der Waals surface area contributed by atoms with E-state index in [-0.39, 0.29) is 22.7 Å². The maximum Gasteiger partial charge on any atom is 0.337 e. The number of hydrogen-bond acceptors (Lipinski definition) is 3. The molecule has 1 unspecified atom stereocenters. The molecule has 0 aromatic heterocycles. The lowest BCUT2D eigenvalue weighted by Gasteiger charge is -2.17. The number of aromatic carboxylic acids is 1. The minimum Gasteiger partial charge on any atom is -0.478 e. The van der Waals surface area contributed by atoms with Crippen molar-refractivity contribution in [3.05, 3.63) is 28.8 Å². The standard InChI is InChI=1S/C12H14ClN3O3/c13-10-5-8(1-2-9(10)11(17)18)15-12(19)16-4-3-7(14)6-16/h1-2,5,7H,3-4,6,14H2,(H,15,19)(H,17,18). The lowest BCUT2D eigenvalue weighted by atomic mass is 10.2. The van der Waals surface area contributed by atoms with Gasteiger partial charge in [0.1, 0.15) is 0 Å². The van der Waals surface area contributed by atoms with E-state index in [9.17, 15) is 9.59 Å². The number of carbonyl (C=O) groups excluding carboxylic acids is 1. The molecule has 1 aromatic carbocycles. The average molecular weight is 284 g/mol. The number of halogens is 1. The van der Waals surface area contributed by atoms with Crippen LogP contribution < -0.4 is 11.1 Å². The molecular weight excluding hydrogens is 270 g/mol. The van der Waals surface area contributed by atoms with Gasteiger partial charge in [-0.3, -0.25) is 0 Å². The molecule has 0 bridgehead atoms. The van der Waals surface area contributed by atoms with E-state index < -0.39 is 5.97 Å². The Kier molecular flexibility index (Phi) is 3.92. The summed E-state index contributed by atoms with van der Waals surface area (Å²) in [4.78, 5) is 24.3. The molecule has 4 N–H and O–H groups in total. The van der Waals surface area contributed by atoms with Gasteiger partial charge in [-0.2, -0.15) is 0 Å². The Labute approximate surface area is 115 Å². The second-order valence-electron chi connectivity index (χ2n) is 4.42. The van der Waals surface area contributed by atoms with E-state index in [1.54, 1.807) is 4.90 Å². The lowest BCUT2D eigenvalue weighted by Crippen LogP contribution is -2.35. The highest BCUT2D eigenvalue weighted by atomic mass is 35.5. The molecule has 7 heteroatoms. The van der Waals surface area contributed by atoms with E-state index in [1.807, 2.05) is 0 Å². The molecule has 0 radical (unpaired) electrons. The second kappa shape index (κ2) is 5.46. The summed E-state index contributed by atoms with van der Waals surface area (Å²) in [5, 5.41) is 11.6. The topological polar surface area (TPSA) is 95.7 Å². The number of hydrogen-bond donors (Lipinski definition) is 3. The monoisotopic (exact) mass is 283 g/mol. The van der Waals surface area contributed by atoms with Gasteiger partial charge in [-0.15, -0.1) is 0 Å².